The quantitative estimate of drug-likeness (QED) is 0.546. The van der Waals surface area contributed by atoms with Gasteiger partial charge >= 0.3 is 11.9 Å². The Morgan fingerprint density at radius 1 is 1.37 bits per heavy atom. The Labute approximate surface area is 111 Å². The van der Waals surface area contributed by atoms with E-state index in [1.165, 1.54) is 19.2 Å². The summed E-state index contributed by atoms with van der Waals surface area (Å²) >= 11 is 0. The highest BCUT2D eigenvalue weighted by atomic mass is 32.2. The van der Waals surface area contributed by atoms with Gasteiger partial charge in [0.2, 0.25) is 5.76 Å². The molecule has 19 heavy (non-hydrogen) atoms. The Morgan fingerprint density at radius 2 is 2.11 bits per heavy atom. The molecule has 0 aromatic carbocycles. The molecule has 0 saturated carbocycles. The summed E-state index contributed by atoms with van der Waals surface area (Å²) in [7, 11) is -0.0333. The van der Waals surface area contributed by atoms with Gasteiger partial charge in [0.05, 0.1) is 12.4 Å². The second kappa shape index (κ2) is 7.70. The third-order valence-corrected chi connectivity index (χ3v) is 3.17. The van der Waals surface area contributed by atoms with Crippen molar-refractivity contribution in [2.45, 2.75) is 5.75 Å². The van der Waals surface area contributed by atoms with Crippen LogP contribution in [-0.4, -0.2) is 47.3 Å². The van der Waals surface area contributed by atoms with E-state index in [1.807, 2.05) is 0 Å². The van der Waals surface area contributed by atoms with Crippen molar-refractivity contribution >= 4 is 22.7 Å². The normalized spacial score (nSPS) is 12.1. The lowest BCUT2D eigenvalue weighted by molar-refractivity contribution is -0.141. The molecule has 0 saturated heterocycles. The first-order chi connectivity index (χ1) is 9.02. The van der Waals surface area contributed by atoms with Gasteiger partial charge in [-0.2, -0.15) is 0 Å². The summed E-state index contributed by atoms with van der Waals surface area (Å²) in [6.07, 6.45) is 0. The largest absolute Gasteiger partial charge is 0.475 e. The molecule has 1 aromatic rings. The topological polar surface area (TPSA) is 103 Å². The van der Waals surface area contributed by atoms with Gasteiger partial charge in [-0.25, -0.2) is 4.79 Å². The van der Waals surface area contributed by atoms with Gasteiger partial charge in [0.1, 0.15) is 18.1 Å². The highest BCUT2D eigenvalue weighted by molar-refractivity contribution is 7.84. The summed E-state index contributed by atoms with van der Waals surface area (Å²) in [6, 6.07) is 2.68. The monoisotopic (exact) mass is 290 g/mol. The fourth-order valence-corrected chi connectivity index (χ4v) is 2.11. The molecule has 0 spiro atoms. The Hall–Kier alpha value is -1.67. The van der Waals surface area contributed by atoms with Crippen LogP contribution >= 0.6 is 0 Å². The van der Waals surface area contributed by atoms with Crippen LogP contribution in [0.4, 0.5) is 0 Å². The smallest absolute Gasteiger partial charge is 0.371 e. The molecule has 7 nitrogen and oxygen atoms in total. The van der Waals surface area contributed by atoms with Crippen molar-refractivity contribution in [2.75, 3.05) is 26.1 Å². The third-order valence-electron chi connectivity index (χ3n) is 2.01. The van der Waals surface area contributed by atoms with Crippen molar-refractivity contribution in [3.05, 3.63) is 23.7 Å². The number of carbonyl (C=O) groups is 2. The summed E-state index contributed by atoms with van der Waals surface area (Å²) in [5.74, 6) is -2.08. The number of carbonyl (C=O) groups excluding carboxylic acids is 1. The SMILES string of the molecule is COCCOC(=O)CS(=O)Cc1ccc(C(=O)O)o1. The predicted molar refractivity (Wildman–Crippen MR) is 65.2 cm³/mol. The summed E-state index contributed by atoms with van der Waals surface area (Å²) in [6.45, 7) is 0.384. The van der Waals surface area contributed by atoms with Gasteiger partial charge in [0.15, 0.2) is 0 Å². The molecule has 1 N–H and O–H groups in total. The molecule has 0 bridgehead atoms. The van der Waals surface area contributed by atoms with Gasteiger partial charge in [-0.05, 0) is 12.1 Å². The molecular weight excluding hydrogens is 276 g/mol. The molecule has 1 unspecified atom stereocenters. The molecule has 106 valence electrons. The highest BCUT2D eigenvalue weighted by Gasteiger charge is 2.14. The van der Waals surface area contributed by atoms with E-state index >= 15 is 0 Å². The average Bonchev–Trinajstić information content (AvgIpc) is 2.77. The van der Waals surface area contributed by atoms with Crippen molar-refractivity contribution in [2.24, 2.45) is 0 Å². The molecular formula is C11H14O7S. The zero-order valence-corrected chi connectivity index (χ0v) is 11.1. The van der Waals surface area contributed by atoms with E-state index in [2.05, 4.69) is 0 Å². The van der Waals surface area contributed by atoms with Crippen molar-refractivity contribution in [3.8, 4) is 0 Å². The number of methoxy groups -OCH3 is 1. The molecule has 1 rings (SSSR count). The first-order valence-electron chi connectivity index (χ1n) is 5.34. The third kappa shape index (κ3) is 5.66. The standard InChI is InChI=1S/C11H14O7S/c1-16-4-5-17-10(12)7-19(15)6-8-2-3-9(18-8)11(13)14/h2-3H,4-7H2,1H3,(H,13,14). The maximum absolute atomic E-state index is 11.6. The zero-order chi connectivity index (χ0) is 14.3. The maximum Gasteiger partial charge on any atom is 0.371 e. The van der Waals surface area contributed by atoms with Gasteiger partial charge in [-0.15, -0.1) is 0 Å². The maximum atomic E-state index is 11.6. The van der Waals surface area contributed by atoms with E-state index in [-0.39, 0.29) is 36.2 Å². The fraction of sp³-hybridized carbons (Fsp3) is 0.455. The lowest BCUT2D eigenvalue weighted by Gasteiger charge is -2.03. The number of rotatable bonds is 8. The van der Waals surface area contributed by atoms with E-state index in [4.69, 9.17) is 19.0 Å². The van der Waals surface area contributed by atoms with Crippen molar-refractivity contribution in [3.63, 3.8) is 0 Å². The van der Waals surface area contributed by atoms with E-state index in [0.717, 1.165) is 0 Å². The van der Waals surface area contributed by atoms with Crippen LogP contribution in [0.25, 0.3) is 0 Å². The number of carboxylic acids is 1. The summed E-state index contributed by atoms with van der Waals surface area (Å²) < 4.78 is 26.0. The Balaban J connectivity index is 2.37. The fourth-order valence-electron chi connectivity index (χ4n) is 1.19. The number of aromatic carboxylic acids is 1. The molecule has 0 fully saturated rings. The van der Waals surface area contributed by atoms with E-state index < -0.39 is 22.7 Å². The molecule has 1 aromatic heterocycles. The number of ether oxygens (including phenoxy) is 2. The van der Waals surface area contributed by atoms with Crippen molar-refractivity contribution in [1.82, 2.24) is 0 Å². The van der Waals surface area contributed by atoms with E-state index in [1.54, 1.807) is 0 Å². The second-order valence-electron chi connectivity index (χ2n) is 3.51. The van der Waals surface area contributed by atoms with Gasteiger partial charge in [0, 0.05) is 17.9 Å². The molecule has 1 atom stereocenters. The molecule has 0 radical (unpaired) electrons. The summed E-state index contributed by atoms with van der Waals surface area (Å²) in [5.41, 5.74) is 0. The first-order valence-corrected chi connectivity index (χ1v) is 6.83. The Morgan fingerprint density at radius 3 is 2.68 bits per heavy atom. The van der Waals surface area contributed by atoms with Crippen LogP contribution < -0.4 is 0 Å². The highest BCUT2D eigenvalue weighted by Crippen LogP contribution is 2.10. The summed E-state index contributed by atoms with van der Waals surface area (Å²) in [4.78, 5) is 21.8. The number of hydrogen-bond donors (Lipinski definition) is 1. The summed E-state index contributed by atoms with van der Waals surface area (Å²) in [5, 5.41) is 8.64. The zero-order valence-electron chi connectivity index (χ0n) is 10.3. The number of esters is 1. The van der Waals surface area contributed by atoms with E-state index in [9.17, 15) is 13.8 Å². The van der Waals surface area contributed by atoms with Crippen LogP contribution in [0.15, 0.2) is 16.5 Å². The molecule has 0 aliphatic heterocycles. The minimum atomic E-state index is -1.51. The van der Waals surface area contributed by atoms with Crippen LogP contribution in [0, 0.1) is 0 Å². The van der Waals surface area contributed by atoms with E-state index in [0.29, 0.717) is 0 Å². The van der Waals surface area contributed by atoms with Gasteiger partial charge in [-0.3, -0.25) is 9.00 Å². The van der Waals surface area contributed by atoms with Crippen LogP contribution in [0.5, 0.6) is 0 Å². The van der Waals surface area contributed by atoms with Gasteiger partial charge in [0.25, 0.3) is 0 Å². The average molecular weight is 290 g/mol. The Kier molecular flexibility index (Phi) is 6.23. The van der Waals surface area contributed by atoms with Crippen LogP contribution in [0.1, 0.15) is 16.3 Å². The predicted octanol–water partition coefficient (Wildman–Crippen LogP) is 0.416. The lowest BCUT2D eigenvalue weighted by Crippen LogP contribution is -2.17. The molecule has 0 aliphatic rings. The van der Waals surface area contributed by atoms with Gasteiger partial charge in [-0.1, -0.05) is 0 Å². The number of furan rings is 1. The van der Waals surface area contributed by atoms with Crippen LogP contribution in [0.3, 0.4) is 0 Å². The van der Waals surface area contributed by atoms with Crippen molar-refractivity contribution < 1.29 is 32.8 Å². The molecule has 0 amide bonds. The Bertz CT molecular complexity index is 465. The minimum Gasteiger partial charge on any atom is -0.475 e. The minimum absolute atomic E-state index is 0.0351. The molecule has 1 heterocycles. The number of carboxylic acid groups (broad SMARTS) is 1. The lowest BCUT2D eigenvalue weighted by atomic mass is 10.4. The molecule has 0 aliphatic carbocycles. The number of hydrogen-bond acceptors (Lipinski definition) is 6. The van der Waals surface area contributed by atoms with Gasteiger partial charge < -0.3 is 19.0 Å². The van der Waals surface area contributed by atoms with Crippen LogP contribution in [-0.2, 0) is 30.8 Å². The van der Waals surface area contributed by atoms with Crippen LogP contribution in [0.2, 0.25) is 0 Å². The first kappa shape index (κ1) is 15.4. The second-order valence-corrected chi connectivity index (χ2v) is 4.97. The van der Waals surface area contributed by atoms with Crippen molar-refractivity contribution in [1.29, 1.82) is 0 Å². The molecule has 8 heteroatoms.